The van der Waals surface area contributed by atoms with Crippen molar-refractivity contribution in [2.75, 3.05) is 52.0 Å². The van der Waals surface area contributed by atoms with Crippen LogP contribution in [0.5, 0.6) is 11.5 Å². The van der Waals surface area contributed by atoms with Gasteiger partial charge in [-0.2, -0.15) is 5.26 Å². The molecule has 2 aromatic carbocycles. The summed E-state index contributed by atoms with van der Waals surface area (Å²) in [7, 11) is 3.17. The van der Waals surface area contributed by atoms with Gasteiger partial charge in [-0.1, -0.05) is 47.7 Å². The second kappa shape index (κ2) is 12.2. The highest BCUT2D eigenvalue weighted by Crippen LogP contribution is 2.35. The summed E-state index contributed by atoms with van der Waals surface area (Å²) in [5, 5.41) is 13.5. The Morgan fingerprint density at radius 3 is 2.61 bits per heavy atom. The third kappa shape index (κ3) is 6.03. The molecule has 0 spiro atoms. The zero-order valence-corrected chi connectivity index (χ0v) is 21.1. The van der Waals surface area contributed by atoms with E-state index in [1.165, 1.54) is 11.3 Å². The van der Waals surface area contributed by atoms with Crippen LogP contribution in [0.2, 0.25) is 0 Å². The number of benzene rings is 2. The molecule has 0 bridgehead atoms. The summed E-state index contributed by atoms with van der Waals surface area (Å²) in [6, 6.07) is 17.5. The molecule has 2 heterocycles. The van der Waals surface area contributed by atoms with Gasteiger partial charge in [-0.3, -0.25) is 4.79 Å². The number of amides is 1. The number of nitrogens with zero attached hydrogens (tertiary/aromatic N) is 3. The summed E-state index contributed by atoms with van der Waals surface area (Å²) < 4.78 is 16.1. The fraction of sp³-hybridized carbons (Fsp3) is 0.296. The Balaban J connectivity index is 1.51. The van der Waals surface area contributed by atoms with Crippen molar-refractivity contribution in [3.8, 4) is 28.8 Å². The maximum Gasteiger partial charge on any atom is 0.261 e. The van der Waals surface area contributed by atoms with Crippen molar-refractivity contribution in [2.24, 2.45) is 0 Å². The van der Waals surface area contributed by atoms with E-state index < -0.39 is 5.91 Å². The highest BCUT2D eigenvalue weighted by atomic mass is 32.1. The Morgan fingerprint density at radius 1 is 1.17 bits per heavy atom. The number of morpholine rings is 1. The quantitative estimate of drug-likeness (QED) is 0.348. The lowest BCUT2D eigenvalue weighted by Crippen LogP contribution is -2.36. The number of nitrogens with one attached hydrogen (secondary N) is 1. The number of ether oxygens (including phenoxy) is 3. The van der Waals surface area contributed by atoms with Gasteiger partial charge in [0.2, 0.25) is 0 Å². The number of aromatic nitrogens is 1. The van der Waals surface area contributed by atoms with Gasteiger partial charge in [0.25, 0.3) is 5.91 Å². The molecule has 0 radical (unpaired) electrons. The van der Waals surface area contributed by atoms with Crippen molar-refractivity contribution in [3.63, 3.8) is 0 Å². The number of anilines is 1. The molecule has 36 heavy (non-hydrogen) atoms. The largest absolute Gasteiger partial charge is 0.493 e. The lowest BCUT2D eigenvalue weighted by molar-refractivity contribution is -0.117. The molecular weight excluding hydrogens is 476 g/mol. The molecule has 186 valence electrons. The average Bonchev–Trinajstić information content (AvgIpc) is 3.36. The number of methoxy groups -OCH3 is 2. The van der Waals surface area contributed by atoms with E-state index in [0.29, 0.717) is 37.7 Å². The number of hydrogen-bond donors (Lipinski definition) is 1. The molecule has 0 unspecified atom stereocenters. The molecule has 1 aromatic heterocycles. The first-order valence-corrected chi connectivity index (χ1v) is 12.4. The fourth-order valence-electron chi connectivity index (χ4n) is 3.84. The number of rotatable bonds is 9. The van der Waals surface area contributed by atoms with Gasteiger partial charge in [0.15, 0.2) is 16.6 Å². The zero-order chi connectivity index (χ0) is 25.3. The molecule has 3 aromatic rings. The number of hydrogen-bond acceptors (Lipinski definition) is 8. The van der Waals surface area contributed by atoms with E-state index in [4.69, 9.17) is 19.2 Å². The van der Waals surface area contributed by atoms with Gasteiger partial charge >= 0.3 is 0 Å². The van der Waals surface area contributed by atoms with Crippen LogP contribution >= 0.6 is 11.3 Å². The molecule has 8 nitrogen and oxygen atoms in total. The van der Waals surface area contributed by atoms with Crippen molar-refractivity contribution >= 4 is 28.5 Å². The van der Waals surface area contributed by atoms with E-state index in [1.54, 1.807) is 20.3 Å². The van der Waals surface area contributed by atoms with Gasteiger partial charge in [-0.25, -0.2) is 4.98 Å². The Morgan fingerprint density at radius 2 is 1.92 bits per heavy atom. The van der Waals surface area contributed by atoms with E-state index in [0.717, 1.165) is 39.9 Å². The lowest BCUT2D eigenvalue weighted by atomic mass is 10.1. The Labute approximate surface area is 214 Å². The molecule has 1 fully saturated rings. The Hall–Kier alpha value is -3.87. The monoisotopic (exact) mass is 504 g/mol. The molecule has 1 aliphatic rings. The van der Waals surface area contributed by atoms with Crippen LogP contribution in [0.3, 0.4) is 0 Å². The number of nitriles is 1. The molecule has 0 atom stereocenters. The first kappa shape index (κ1) is 25.2. The summed E-state index contributed by atoms with van der Waals surface area (Å²) in [5.41, 5.74) is 2.72. The van der Waals surface area contributed by atoms with Crippen LogP contribution in [-0.2, 0) is 16.0 Å². The maximum absolute atomic E-state index is 12.9. The summed E-state index contributed by atoms with van der Waals surface area (Å²) in [6.45, 7) is 3.19. The van der Waals surface area contributed by atoms with Crippen molar-refractivity contribution in [2.45, 2.75) is 6.42 Å². The second-order valence-corrected chi connectivity index (χ2v) is 9.05. The SMILES string of the molecule is COc1ccc(CCNC(=O)C(C#N)=Cc2sc(N3CCOCC3)nc2-c2ccccc2)cc1OC. The third-order valence-corrected chi connectivity index (χ3v) is 6.82. The smallest absolute Gasteiger partial charge is 0.261 e. The number of carbonyl (C=O) groups excluding carboxylic acids is 1. The van der Waals surface area contributed by atoms with Crippen LogP contribution < -0.4 is 19.7 Å². The van der Waals surface area contributed by atoms with Gasteiger partial charge < -0.3 is 24.4 Å². The topological polar surface area (TPSA) is 96.7 Å². The van der Waals surface area contributed by atoms with Crippen LogP contribution in [-0.4, -0.2) is 58.0 Å². The van der Waals surface area contributed by atoms with Gasteiger partial charge in [-0.05, 0) is 30.2 Å². The number of carbonyl (C=O) groups is 1. The summed E-state index contributed by atoms with van der Waals surface area (Å²) >= 11 is 1.48. The average molecular weight is 505 g/mol. The van der Waals surface area contributed by atoms with Crippen LogP contribution in [0.4, 0.5) is 5.13 Å². The van der Waals surface area contributed by atoms with Crippen LogP contribution in [0.25, 0.3) is 17.3 Å². The van der Waals surface area contributed by atoms with Crippen molar-refractivity contribution in [1.29, 1.82) is 5.26 Å². The van der Waals surface area contributed by atoms with E-state index in [-0.39, 0.29) is 5.57 Å². The Bertz CT molecular complexity index is 1260. The number of thiazole rings is 1. The van der Waals surface area contributed by atoms with E-state index >= 15 is 0 Å². The minimum atomic E-state index is -0.418. The predicted molar refractivity (Wildman–Crippen MR) is 140 cm³/mol. The molecule has 1 N–H and O–H groups in total. The van der Waals surface area contributed by atoms with Gasteiger partial charge in [0.05, 0.1) is 38.0 Å². The van der Waals surface area contributed by atoms with Crippen LogP contribution in [0.1, 0.15) is 10.4 Å². The molecule has 1 aliphatic heterocycles. The highest BCUT2D eigenvalue weighted by Gasteiger charge is 2.20. The first-order chi connectivity index (χ1) is 17.6. The molecule has 4 rings (SSSR count). The zero-order valence-electron chi connectivity index (χ0n) is 20.3. The third-order valence-electron chi connectivity index (χ3n) is 5.76. The second-order valence-electron chi connectivity index (χ2n) is 8.04. The van der Waals surface area contributed by atoms with E-state index in [2.05, 4.69) is 16.3 Å². The van der Waals surface area contributed by atoms with Crippen molar-refractivity contribution in [3.05, 3.63) is 64.5 Å². The lowest BCUT2D eigenvalue weighted by Gasteiger charge is -2.26. The van der Waals surface area contributed by atoms with Crippen LogP contribution in [0.15, 0.2) is 54.1 Å². The Kier molecular flexibility index (Phi) is 8.55. The maximum atomic E-state index is 12.9. The summed E-state index contributed by atoms with van der Waals surface area (Å²) in [6.07, 6.45) is 2.22. The molecular formula is C27H28N4O4S. The standard InChI is InChI=1S/C27H28N4O4S/c1-33-22-9-8-19(16-23(22)34-2)10-11-29-26(32)21(18-28)17-24-25(20-6-4-3-5-7-20)30-27(36-24)31-12-14-35-15-13-31/h3-9,16-17H,10-15H2,1-2H3,(H,29,32). The minimum Gasteiger partial charge on any atom is -0.493 e. The normalized spacial score (nSPS) is 13.7. The van der Waals surface area contributed by atoms with E-state index in [1.807, 2.05) is 48.5 Å². The summed E-state index contributed by atoms with van der Waals surface area (Å²) in [4.78, 5) is 20.7. The van der Waals surface area contributed by atoms with Crippen molar-refractivity contribution in [1.82, 2.24) is 10.3 Å². The first-order valence-electron chi connectivity index (χ1n) is 11.6. The van der Waals surface area contributed by atoms with Gasteiger partial charge in [0, 0.05) is 25.2 Å². The minimum absolute atomic E-state index is 0.0386. The molecule has 1 saturated heterocycles. The molecule has 0 saturated carbocycles. The molecule has 9 heteroatoms. The molecule has 1 amide bonds. The highest BCUT2D eigenvalue weighted by molar-refractivity contribution is 7.17. The van der Waals surface area contributed by atoms with Gasteiger partial charge in [-0.15, -0.1) is 0 Å². The molecule has 0 aliphatic carbocycles. The summed E-state index contributed by atoms with van der Waals surface area (Å²) in [5.74, 6) is 0.863. The van der Waals surface area contributed by atoms with Crippen LogP contribution in [0, 0.1) is 11.3 Å². The van der Waals surface area contributed by atoms with E-state index in [9.17, 15) is 10.1 Å². The fourth-order valence-corrected chi connectivity index (χ4v) is 4.92. The van der Waals surface area contributed by atoms with Crippen molar-refractivity contribution < 1.29 is 19.0 Å². The predicted octanol–water partition coefficient (Wildman–Crippen LogP) is 3.93. The van der Waals surface area contributed by atoms with Gasteiger partial charge in [0.1, 0.15) is 11.6 Å².